The van der Waals surface area contributed by atoms with Crippen LogP contribution in [0.2, 0.25) is 0 Å². The Labute approximate surface area is 167 Å². The van der Waals surface area contributed by atoms with Crippen molar-refractivity contribution in [3.8, 4) is 41.3 Å². The van der Waals surface area contributed by atoms with E-state index < -0.39 is 0 Å². The Morgan fingerprint density at radius 1 is 0.538 bits per heavy atom. The molecule has 0 saturated carbocycles. The Bertz CT molecular complexity index is 1060. The second kappa shape index (κ2) is 6.93. The van der Waals surface area contributed by atoms with Crippen molar-refractivity contribution >= 4 is 45.3 Å². The van der Waals surface area contributed by atoms with Crippen molar-refractivity contribution in [1.82, 2.24) is 4.98 Å². The van der Waals surface area contributed by atoms with Gasteiger partial charge in [0.15, 0.2) is 0 Å². The number of rotatable bonds is 4. The van der Waals surface area contributed by atoms with Crippen LogP contribution in [0.5, 0.6) is 0 Å². The van der Waals surface area contributed by atoms with Gasteiger partial charge in [-0.2, -0.15) is 0 Å². The minimum atomic E-state index is 1.05. The van der Waals surface area contributed by atoms with Crippen LogP contribution in [0.15, 0.2) is 76.8 Å². The maximum Gasteiger partial charge on any atom is 0.0816 e. The Morgan fingerprint density at radius 2 is 1.08 bits per heavy atom. The smallest absolute Gasteiger partial charge is 0.0816 e. The van der Waals surface area contributed by atoms with E-state index in [1.54, 1.807) is 34.0 Å². The molecule has 5 rings (SSSR count). The maximum atomic E-state index is 4.93. The van der Waals surface area contributed by atoms with Crippen molar-refractivity contribution in [2.75, 3.05) is 0 Å². The van der Waals surface area contributed by atoms with Gasteiger partial charge in [0.2, 0.25) is 0 Å². The normalized spacial score (nSPS) is 11.1. The van der Waals surface area contributed by atoms with Crippen molar-refractivity contribution in [2.45, 2.75) is 0 Å². The predicted molar refractivity (Wildman–Crippen MR) is 117 cm³/mol. The summed E-state index contributed by atoms with van der Waals surface area (Å²) in [6, 6.07) is 21.6. The van der Waals surface area contributed by atoms with Gasteiger partial charge in [0, 0.05) is 14.6 Å². The van der Waals surface area contributed by atoms with Gasteiger partial charge in [0.1, 0.15) is 0 Å². The van der Waals surface area contributed by atoms with E-state index in [2.05, 4.69) is 76.8 Å². The van der Waals surface area contributed by atoms with Gasteiger partial charge in [-0.3, -0.25) is 0 Å². The third-order valence-corrected chi connectivity index (χ3v) is 8.01. The summed E-state index contributed by atoms with van der Waals surface area (Å²) < 4.78 is 0. The van der Waals surface area contributed by atoms with E-state index in [-0.39, 0.29) is 0 Å². The standard InChI is InChI=1S/C21H13NS4/c1-4-18(23-9-1)15-12-14(13-16(22-15)19-5-2-10-24-19)17-7-8-21(26-17)20-6-3-11-25-20/h1-13H. The van der Waals surface area contributed by atoms with E-state index in [1.807, 2.05) is 11.3 Å². The predicted octanol–water partition coefficient (Wildman–Crippen LogP) is 8.00. The average molecular weight is 408 g/mol. The number of nitrogens with zero attached hydrogens (tertiary/aromatic N) is 1. The van der Waals surface area contributed by atoms with Gasteiger partial charge < -0.3 is 0 Å². The summed E-state index contributed by atoms with van der Waals surface area (Å²) >= 11 is 7.10. The highest BCUT2D eigenvalue weighted by atomic mass is 32.1. The summed E-state index contributed by atoms with van der Waals surface area (Å²) in [5.74, 6) is 0. The zero-order chi connectivity index (χ0) is 17.3. The van der Waals surface area contributed by atoms with E-state index in [4.69, 9.17) is 4.98 Å². The van der Waals surface area contributed by atoms with Crippen LogP contribution in [-0.4, -0.2) is 4.98 Å². The molecule has 0 fully saturated rings. The van der Waals surface area contributed by atoms with Gasteiger partial charge >= 0.3 is 0 Å². The molecule has 1 nitrogen and oxygen atoms in total. The highest BCUT2D eigenvalue weighted by Gasteiger charge is 2.12. The maximum absolute atomic E-state index is 4.93. The van der Waals surface area contributed by atoms with E-state index in [1.165, 1.54) is 29.9 Å². The largest absolute Gasteiger partial charge is 0.246 e. The van der Waals surface area contributed by atoms with Crippen molar-refractivity contribution in [1.29, 1.82) is 0 Å². The topological polar surface area (TPSA) is 12.9 Å². The monoisotopic (exact) mass is 407 g/mol. The lowest BCUT2D eigenvalue weighted by atomic mass is 10.1. The van der Waals surface area contributed by atoms with E-state index in [0.29, 0.717) is 0 Å². The Balaban J connectivity index is 1.64. The first-order valence-corrected chi connectivity index (χ1v) is 11.6. The fraction of sp³-hybridized carbons (Fsp3) is 0. The first kappa shape index (κ1) is 16.1. The van der Waals surface area contributed by atoms with Gasteiger partial charge in [-0.15, -0.1) is 45.3 Å². The van der Waals surface area contributed by atoms with Gasteiger partial charge in [-0.1, -0.05) is 18.2 Å². The first-order chi connectivity index (χ1) is 12.9. The van der Waals surface area contributed by atoms with Crippen LogP contribution in [0.4, 0.5) is 0 Å². The Morgan fingerprint density at radius 3 is 1.62 bits per heavy atom. The molecule has 0 aliphatic heterocycles. The molecule has 0 aliphatic rings. The highest BCUT2D eigenvalue weighted by Crippen LogP contribution is 2.39. The molecule has 0 radical (unpaired) electrons. The zero-order valence-electron chi connectivity index (χ0n) is 13.6. The molecule has 0 atom stereocenters. The lowest BCUT2D eigenvalue weighted by molar-refractivity contribution is 1.35. The summed E-state index contributed by atoms with van der Waals surface area (Å²) in [4.78, 5) is 11.3. The van der Waals surface area contributed by atoms with Gasteiger partial charge in [0.25, 0.3) is 0 Å². The van der Waals surface area contributed by atoms with Crippen LogP contribution < -0.4 is 0 Å². The number of aromatic nitrogens is 1. The highest BCUT2D eigenvalue weighted by molar-refractivity contribution is 7.23. The molecule has 5 heteroatoms. The average Bonchev–Trinajstić information content (AvgIpc) is 3.49. The van der Waals surface area contributed by atoms with Crippen molar-refractivity contribution in [2.24, 2.45) is 0 Å². The van der Waals surface area contributed by atoms with Crippen LogP contribution in [0, 0.1) is 0 Å². The molecule has 126 valence electrons. The molecule has 5 heterocycles. The quantitative estimate of drug-likeness (QED) is 0.294. The van der Waals surface area contributed by atoms with Crippen molar-refractivity contribution in [3.05, 3.63) is 76.8 Å². The molecule has 0 saturated heterocycles. The van der Waals surface area contributed by atoms with Crippen LogP contribution in [0.3, 0.4) is 0 Å². The van der Waals surface area contributed by atoms with Crippen molar-refractivity contribution < 1.29 is 0 Å². The van der Waals surface area contributed by atoms with Gasteiger partial charge in [0.05, 0.1) is 21.1 Å². The van der Waals surface area contributed by atoms with Crippen LogP contribution >= 0.6 is 45.3 Å². The zero-order valence-corrected chi connectivity index (χ0v) is 16.9. The Kier molecular flexibility index (Phi) is 4.30. The minimum absolute atomic E-state index is 1.05. The number of hydrogen-bond donors (Lipinski definition) is 0. The third-order valence-electron chi connectivity index (χ3n) is 4.03. The molecular weight excluding hydrogens is 395 g/mol. The molecule has 0 aliphatic carbocycles. The summed E-state index contributed by atoms with van der Waals surface area (Å²) in [5.41, 5.74) is 3.33. The number of thiophene rings is 4. The van der Waals surface area contributed by atoms with E-state index in [9.17, 15) is 0 Å². The van der Waals surface area contributed by atoms with Gasteiger partial charge in [-0.05, 0) is 64.2 Å². The Hall–Kier alpha value is -2.05. The summed E-state index contributed by atoms with van der Waals surface area (Å²) in [6.45, 7) is 0. The van der Waals surface area contributed by atoms with Crippen molar-refractivity contribution in [3.63, 3.8) is 0 Å². The molecule has 0 aromatic carbocycles. The molecule has 5 aromatic heterocycles. The van der Waals surface area contributed by atoms with E-state index in [0.717, 1.165) is 11.4 Å². The molecular formula is C21H13NS4. The minimum Gasteiger partial charge on any atom is -0.246 e. The molecule has 26 heavy (non-hydrogen) atoms. The lowest BCUT2D eigenvalue weighted by Gasteiger charge is -2.06. The van der Waals surface area contributed by atoms with Crippen LogP contribution in [0.25, 0.3) is 41.3 Å². The molecule has 5 aromatic rings. The van der Waals surface area contributed by atoms with Crippen LogP contribution in [0.1, 0.15) is 0 Å². The molecule has 0 spiro atoms. The van der Waals surface area contributed by atoms with E-state index >= 15 is 0 Å². The van der Waals surface area contributed by atoms with Crippen LogP contribution in [-0.2, 0) is 0 Å². The first-order valence-electron chi connectivity index (χ1n) is 8.11. The lowest BCUT2D eigenvalue weighted by Crippen LogP contribution is -1.87. The summed E-state index contributed by atoms with van der Waals surface area (Å²) in [7, 11) is 0. The summed E-state index contributed by atoms with van der Waals surface area (Å²) in [6.07, 6.45) is 0. The second-order valence-corrected chi connectivity index (χ2v) is 9.65. The fourth-order valence-corrected chi connectivity index (χ4v) is 6.02. The fourth-order valence-electron chi connectivity index (χ4n) is 2.82. The van der Waals surface area contributed by atoms with Gasteiger partial charge in [-0.25, -0.2) is 4.98 Å². The number of hydrogen-bond acceptors (Lipinski definition) is 5. The second-order valence-electron chi connectivity index (χ2n) is 5.72. The molecule has 0 bridgehead atoms. The third kappa shape index (κ3) is 3.08. The molecule has 0 unspecified atom stereocenters. The SMILES string of the molecule is c1csc(-c2cc(-c3ccc(-c4cccs4)s3)cc(-c3cccs3)n2)c1. The number of pyridine rings is 1. The summed E-state index contributed by atoms with van der Waals surface area (Å²) in [5, 5.41) is 6.34. The molecule has 0 N–H and O–H groups in total. The molecule has 0 amide bonds.